The summed E-state index contributed by atoms with van der Waals surface area (Å²) in [5.41, 5.74) is 3.25. The molecule has 8 atom stereocenters. The molecule has 4 rings (SSSR count). The lowest BCUT2D eigenvalue weighted by atomic mass is 9.46. The van der Waals surface area contributed by atoms with E-state index in [1.54, 1.807) is 0 Å². The van der Waals surface area contributed by atoms with Crippen LogP contribution in [0.3, 0.4) is 0 Å². The maximum Gasteiger partial charge on any atom is 0.0577 e. The molecule has 4 aliphatic carbocycles. The van der Waals surface area contributed by atoms with E-state index in [0.29, 0.717) is 17.3 Å². The van der Waals surface area contributed by atoms with Gasteiger partial charge in [0.15, 0.2) is 0 Å². The van der Waals surface area contributed by atoms with Gasteiger partial charge in [0.25, 0.3) is 0 Å². The van der Waals surface area contributed by atoms with Gasteiger partial charge in [0.1, 0.15) is 0 Å². The van der Waals surface area contributed by atoms with Gasteiger partial charge in [-0.05, 0) is 105 Å². The van der Waals surface area contributed by atoms with E-state index in [-0.39, 0.29) is 18.1 Å². The lowest BCUT2D eigenvalue weighted by molar-refractivity contribution is -0.0794. The zero-order valence-corrected chi connectivity index (χ0v) is 20.0. The Morgan fingerprint density at radius 2 is 1.90 bits per heavy atom. The maximum absolute atomic E-state index is 10.6. The molecule has 170 valence electrons. The topological polar surface area (TPSA) is 40.5 Å². The number of aliphatic hydroxyl groups excluding tert-OH is 2. The van der Waals surface area contributed by atoms with Gasteiger partial charge in [-0.2, -0.15) is 0 Å². The third kappa shape index (κ3) is 3.54. The fraction of sp³-hybridized carbons (Fsp3) is 0.857. The highest BCUT2D eigenvalue weighted by Crippen LogP contribution is 2.67. The van der Waals surface area contributed by atoms with E-state index < -0.39 is 0 Å². The number of fused-ring (bicyclic) bond motifs is 5. The zero-order chi connectivity index (χ0) is 21.7. The van der Waals surface area contributed by atoms with Gasteiger partial charge in [0.05, 0.1) is 12.7 Å². The molecule has 0 aromatic carbocycles. The van der Waals surface area contributed by atoms with Crippen LogP contribution in [0.1, 0.15) is 91.9 Å². The van der Waals surface area contributed by atoms with Crippen LogP contribution in [0.5, 0.6) is 0 Å². The smallest absolute Gasteiger partial charge is 0.0577 e. The van der Waals surface area contributed by atoms with E-state index in [1.807, 2.05) is 0 Å². The first-order chi connectivity index (χ1) is 14.2. The molecule has 0 aromatic heterocycles. The Balaban J connectivity index is 1.52. The molecular formula is C28H46O2. The highest BCUT2D eigenvalue weighted by molar-refractivity contribution is 5.26. The maximum atomic E-state index is 10.6. The summed E-state index contributed by atoms with van der Waals surface area (Å²) >= 11 is 0. The first-order valence-corrected chi connectivity index (χ1v) is 12.9. The van der Waals surface area contributed by atoms with Crippen molar-refractivity contribution in [1.82, 2.24) is 0 Å². The lowest BCUT2D eigenvalue weighted by Gasteiger charge is -2.59. The average Bonchev–Trinajstić information content (AvgIpc) is 3.08. The number of hydrogen-bond acceptors (Lipinski definition) is 2. The van der Waals surface area contributed by atoms with Crippen LogP contribution in [0.25, 0.3) is 0 Å². The van der Waals surface area contributed by atoms with Crippen molar-refractivity contribution in [3.63, 3.8) is 0 Å². The third-order valence-corrected chi connectivity index (χ3v) is 10.6. The Morgan fingerprint density at radius 1 is 1.13 bits per heavy atom. The normalized spacial score (nSPS) is 44.1. The predicted molar refractivity (Wildman–Crippen MR) is 125 cm³/mol. The molecule has 3 fully saturated rings. The monoisotopic (exact) mass is 414 g/mol. The van der Waals surface area contributed by atoms with Crippen LogP contribution in [0.15, 0.2) is 23.8 Å². The highest BCUT2D eigenvalue weighted by atomic mass is 16.3. The molecule has 2 N–H and O–H groups in total. The molecule has 0 saturated heterocycles. The molecule has 0 bridgehead atoms. The summed E-state index contributed by atoms with van der Waals surface area (Å²) in [6.45, 7) is 14.3. The summed E-state index contributed by atoms with van der Waals surface area (Å²) in [5.74, 6) is 4.39. The van der Waals surface area contributed by atoms with Crippen molar-refractivity contribution in [2.75, 3.05) is 6.61 Å². The second-order valence-electron chi connectivity index (χ2n) is 12.1. The summed E-state index contributed by atoms with van der Waals surface area (Å²) in [5, 5.41) is 20.8. The Morgan fingerprint density at radius 3 is 2.60 bits per heavy atom. The van der Waals surface area contributed by atoms with E-state index in [9.17, 15) is 10.2 Å². The molecule has 0 radical (unpaired) electrons. The summed E-state index contributed by atoms with van der Waals surface area (Å²) in [6.07, 6.45) is 13.9. The minimum Gasteiger partial charge on any atom is -0.395 e. The second-order valence-corrected chi connectivity index (χ2v) is 12.1. The van der Waals surface area contributed by atoms with Gasteiger partial charge in [-0.3, -0.25) is 0 Å². The number of aliphatic hydroxyl groups is 2. The van der Waals surface area contributed by atoms with Crippen molar-refractivity contribution in [3.8, 4) is 0 Å². The van der Waals surface area contributed by atoms with Gasteiger partial charge >= 0.3 is 0 Å². The zero-order valence-electron chi connectivity index (χ0n) is 20.0. The van der Waals surface area contributed by atoms with Crippen molar-refractivity contribution in [1.29, 1.82) is 0 Å². The van der Waals surface area contributed by atoms with E-state index in [1.165, 1.54) is 56.1 Å². The highest BCUT2D eigenvalue weighted by Gasteiger charge is 2.60. The van der Waals surface area contributed by atoms with Crippen LogP contribution in [-0.2, 0) is 0 Å². The quantitative estimate of drug-likeness (QED) is 0.485. The minimum absolute atomic E-state index is 0.0256. The van der Waals surface area contributed by atoms with Crippen LogP contribution in [0.4, 0.5) is 0 Å². The first kappa shape index (κ1) is 22.6. The predicted octanol–water partition coefficient (Wildman–Crippen LogP) is 6.53. The Hall–Kier alpha value is -0.600. The van der Waals surface area contributed by atoms with Gasteiger partial charge in [-0.15, -0.1) is 0 Å². The summed E-state index contributed by atoms with van der Waals surface area (Å²) in [6, 6.07) is 0. The third-order valence-electron chi connectivity index (χ3n) is 10.6. The van der Waals surface area contributed by atoms with Crippen LogP contribution >= 0.6 is 0 Å². The fourth-order valence-corrected chi connectivity index (χ4v) is 8.61. The molecule has 0 heterocycles. The second kappa shape index (κ2) is 8.39. The molecule has 3 saturated carbocycles. The van der Waals surface area contributed by atoms with E-state index in [0.717, 1.165) is 42.9 Å². The SMILES string of the molecule is C=C(CC[C@@H](C)C1CCC2C3CC=C4CC(O)CCC4(CO)C3CCC21C)C(C)C. The summed E-state index contributed by atoms with van der Waals surface area (Å²) < 4.78 is 0. The molecule has 2 heteroatoms. The molecule has 0 aliphatic heterocycles. The molecular weight excluding hydrogens is 368 g/mol. The summed E-state index contributed by atoms with van der Waals surface area (Å²) in [7, 11) is 0. The van der Waals surface area contributed by atoms with Gasteiger partial charge in [-0.25, -0.2) is 0 Å². The van der Waals surface area contributed by atoms with E-state index in [4.69, 9.17) is 0 Å². The number of allylic oxidation sites excluding steroid dienone is 2. The van der Waals surface area contributed by atoms with Crippen LogP contribution in [0.2, 0.25) is 0 Å². The number of hydrogen-bond donors (Lipinski definition) is 2. The molecule has 0 amide bonds. The Kier molecular flexibility index (Phi) is 6.32. The van der Waals surface area contributed by atoms with Gasteiger partial charge in [0.2, 0.25) is 0 Å². The van der Waals surface area contributed by atoms with Crippen molar-refractivity contribution >= 4 is 0 Å². The Bertz CT molecular complexity index is 678. The molecule has 7 unspecified atom stereocenters. The van der Waals surface area contributed by atoms with Crippen molar-refractivity contribution in [3.05, 3.63) is 23.8 Å². The molecule has 0 aromatic rings. The van der Waals surface area contributed by atoms with Crippen LogP contribution in [-0.4, -0.2) is 22.9 Å². The standard InChI is InChI=1S/C28H46O2/c1-18(2)19(3)6-7-20(4)24-10-11-25-23-9-8-21-16-22(30)12-15-28(21,17-29)26(23)13-14-27(24,25)5/h8,18,20,22-26,29-30H,3,6-7,9-17H2,1-2,4-5H3/t20-,22?,23?,24?,25?,26?,27?,28?/m1/s1. The average molecular weight is 415 g/mol. The summed E-state index contributed by atoms with van der Waals surface area (Å²) in [4.78, 5) is 0. The molecule has 4 aliphatic rings. The van der Waals surface area contributed by atoms with Crippen molar-refractivity contribution in [2.24, 2.45) is 46.3 Å². The molecule has 30 heavy (non-hydrogen) atoms. The van der Waals surface area contributed by atoms with Gasteiger partial charge < -0.3 is 10.2 Å². The Labute approximate surface area is 185 Å². The van der Waals surface area contributed by atoms with Crippen molar-refractivity contribution < 1.29 is 10.2 Å². The van der Waals surface area contributed by atoms with Gasteiger partial charge in [-0.1, -0.05) is 51.5 Å². The van der Waals surface area contributed by atoms with Crippen LogP contribution in [0, 0.1) is 46.3 Å². The van der Waals surface area contributed by atoms with Gasteiger partial charge in [0, 0.05) is 5.41 Å². The number of rotatable bonds is 6. The van der Waals surface area contributed by atoms with Crippen molar-refractivity contribution in [2.45, 2.75) is 98.0 Å². The first-order valence-electron chi connectivity index (χ1n) is 12.9. The minimum atomic E-state index is -0.196. The van der Waals surface area contributed by atoms with E-state index >= 15 is 0 Å². The van der Waals surface area contributed by atoms with Crippen LogP contribution < -0.4 is 0 Å². The largest absolute Gasteiger partial charge is 0.395 e. The molecule has 0 spiro atoms. The molecule has 2 nitrogen and oxygen atoms in total. The lowest BCUT2D eigenvalue weighted by Crippen LogP contribution is -2.53. The van der Waals surface area contributed by atoms with E-state index in [2.05, 4.69) is 40.3 Å². The fourth-order valence-electron chi connectivity index (χ4n) is 8.61.